The van der Waals surface area contributed by atoms with Gasteiger partial charge in [-0.05, 0) is 31.5 Å². The maximum absolute atomic E-state index is 12.5. The minimum Gasteiger partial charge on any atom is -0.454 e. The third-order valence-corrected chi connectivity index (χ3v) is 5.70. The molecular formula is C14H15NO5S. The van der Waals surface area contributed by atoms with Gasteiger partial charge in [-0.15, -0.1) is 0 Å². The van der Waals surface area contributed by atoms with Crippen molar-refractivity contribution in [1.82, 2.24) is 0 Å². The number of carbonyl (C=O) groups excluding carboxylic acids is 1. The molecule has 0 bridgehead atoms. The molecule has 0 saturated heterocycles. The Balaban J connectivity index is 2.42. The monoisotopic (exact) mass is 309 g/mol. The molecule has 0 saturated carbocycles. The van der Waals surface area contributed by atoms with Gasteiger partial charge in [0.1, 0.15) is 10.7 Å². The summed E-state index contributed by atoms with van der Waals surface area (Å²) in [6, 6.07) is 6.58. The van der Waals surface area contributed by atoms with Crippen LogP contribution < -0.4 is 9.47 Å². The second-order valence-corrected chi connectivity index (χ2v) is 7.89. The van der Waals surface area contributed by atoms with Crippen molar-refractivity contribution in [2.45, 2.75) is 24.5 Å². The number of nitriles is 1. The molecule has 0 fully saturated rings. The van der Waals surface area contributed by atoms with Crippen LogP contribution in [-0.4, -0.2) is 32.0 Å². The molecule has 0 radical (unpaired) electrons. The third kappa shape index (κ3) is 2.59. The maximum atomic E-state index is 12.5. The lowest BCUT2D eigenvalue weighted by Crippen LogP contribution is -2.42. The largest absolute Gasteiger partial charge is 0.454 e. The standard InChI is InChI=1S/C14H15NO5S/c1-14(2,21(3,17)18)13(16)10(7-15)9-4-5-11-12(6-9)20-8-19-11/h4-6,10H,8H2,1-3H3. The number of carbonyl (C=O) groups is 1. The lowest BCUT2D eigenvalue weighted by Gasteiger charge is -2.23. The van der Waals surface area contributed by atoms with Crippen molar-refractivity contribution < 1.29 is 22.7 Å². The smallest absolute Gasteiger partial charge is 0.231 e. The molecule has 0 aromatic heterocycles. The van der Waals surface area contributed by atoms with Gasteiger partial charge in [0, 0.05) is 6.26 Å². The number of hydrogen-bond donors (Lipinski definition) is 0. The fourth-order valence-electron chi connectivity index (χ4n) is 1.91. The van der Waals surface area contributed by atoms with E-state index in [4.69, 9.17) is 9.47 Å². The molecule has 1 unspecified atom stereocenters. The van der Waals surface area contributed by atoms with Crippen molar-refractivity contribution in [3.05, 3.63) is 23.8 Å². The van der Waals surface area contributed by atoms with Crippen molar-refractivity contribution in [3.8, 4) is 17.6 Å². The summed E-state index contributed by atoms with van der Waals surface area (Å²) >= 11 is 0. The predicted octanol–water partition coefficient (Wildman–Crippen LogP) is 1.41. The highest BCUT2D eigenvalue weighted by Gasteiger charge is 2.43. The van der Waals surface area contributed by atoms with Gasteiger partial charge in [-0.25, -0.2) is 8.42 Å². The maximum Gasteiger partial charge on any atom is 0.231 e. The zero-order valence-corrected chi connectivity index (χ0v) is 12.7. The zero-order valence-electron chi connectivity index (χ0n) is 11.9. The fraction of sp³-hybridized carbons (Fsp3) is 0.429. The van der Waals surface area contributed by atoms with Crippen LogP contribution in [-0.2, 0) is 14.6 Å². The Labute approximate surface area is 123 Å². The number of ketones is 1. The molecule has 1 aliphatic heterocycles. The first-order chi connectivity index (χ1) is 9.68. The average molecular weight is 309 g/mol. The highest BCUT2D eigenvalue weighted by atomic mass is 32.2. The van der Waals surface area contributed by atoms with Gasteiger partial charge in [0.15, 0.2) is 27.1 Å². The number of fused-ring (bicyclic) bond motifs is 1. The Morgan fingerprint density at radius 3 is 2.52 bits per heavy atom. The minimum absolute atomic E-state index is 0.0821. The quantitative estimate of drug-likeness (QED) is 0.835. The molecule has 1 aromatic carbocycles. The van der Waals surface area contributed by atoms with E-state index in [1.165, 1.54) is 19.9 Å². The fourth-order valence-corrected chi connectivity index (χ4v) is 2.39. The van der Waals surface area contributed by atoms with Gasteiger partial charge in [-0.1, -0.05) is 6.07 Å². The van der Waals surface area contributed by atoms with Gasteiger partial charge in [-0.2, -0.15) is 5.26 Å². The summed E-state index contributed by atoms with van der Waals surface area (Å²) in [5.74, 6) is -0.862. The highest BCUT2D eigenvalue weighted by Crippen LogP contribution is 2.36. The van der Waals surface area contributed by atoms with E-state index in [9.17, 15) is 18.5 Å². The van der Waals surface area contributed by atoms with Crippen LogP contribution in [0.25, 0.3) is 0 Å². The molecule has 0 N–H and O–H groups in total. The SMILES string of the molecule is CC(C)(C(=O)C(C#N)c1ccc2c(c1)OCO2)S(C)(=O)=O. The van der Waals surface area contributed by atoms with E-state index in [1.54, 1.807) is 12.1 Å². The average Bonchev–Trinajstić information content (AvgIpc) is 2.85. The molecule has 1 aromatic rings. The van der Waals surface area contributed by atoms with Crippen LogP contribution in [0.4, 0.5) is 0 Å². The molecule has 0 aliphatic carbocycles. The topological polar surface area (TPSA) is 93.5 Å². The van der Waals surface area contributed by atoms with E-state index in [0.29, 0.717) is 17.1 Å². The second-order valence-electron chi connectivity index (χ2n) is 5.32. The Kier molecular flexibility index (Phi) is 3.68. The summed E-state index contributed by atoms with van der Waals surface area (Å²) in [4.78, 5) is 12.5. The van der Waals surface area contributed by atoms with E-state index in [-0.39, 0.29) is 6.79 Å². The molecule has 112 valence electrons. The number of nitrogens with zero attached hydrogens (tertiary/aromatic N) is 1. The van der Waals surface area contributed by atoms with Crippen molar-refractivity contribution in [3.63, 3.8) is 0 Å². The van der Waals surface area contributed by atoms with E-state index in [1.807, 2.05) is 6.07 Å². The molecule has 7 heteroatoms. The van der Waals surface area contributed by atoms with E-state index in [2.05, 4.69) is 0 Å². The first-order valence-electron chi connectivity index (χ1n) is 6.21. The van der Waals surface area contributed by atoms with Gasteiger partial charge in [0.05, 0.1) is 6.07 Å². The number of Topliss-reactive ketones (excluding diaryl/α,β-unsaturated/α-hetero) is 1. The Morgan fingerprint density at radius 1 is 1.33 bits per heavy atom. The number of benzene rings is 1. The normalized spacial score (nSPS) is 15.3. The molecule has 21 heavy (non-hydrogen) atoms. The summed E-state index contributed by atoms with van der Waals surface area (Å²) in [7, 11) is -3.63. The minimum atomic E-state index is -3.63. The summed E-state index contributed by atoms with van der Waals surface area (Å²) < 4.78 is 32.2. The van der Waals surface area contributed by atoms with E-state index in [0.717, 1.165) is 6.26 Å². The van der Waals surface area contributed by atoms with Crippen molar-refractivity contribution in [2.24, 2.45) is 0 Å². The van der Waals surface area contributed by atoms with Crippen LogP contribution in [0.3, 0.4) is 0 Å². The lowest BCUT2D eigenvalue weighted by atomic mass is 9.89. The molecular weight excluding hydrogens is 294 g/mol. The van der Waals surface area contributed by atoms with Crippen LogP contribution in [0.2, 0.25) is 0 Å². The first-order valence-corrected chi connectivity index (χ1v) is 8.10. The summed E-state index contributed by atoms with van der Waals surface area (Å²) in [6.07, 6.45) is 0.985. The second kappa shape index (κ2) is 5.04. The Morgan fingerprint density at radius 2 is 1.95 bits per heavy atom. The summed E-state index contributed by atoms with van der Waals surface area (Å²) in [6.45, 7) is 2.70. The summed E-state index contributed by atoms with van der Waals surface area (Å²) in [5.41, 5.74) is 0.392. The summed E-state index contributed by atoms with van der Waals surface area (Å²) in [5, 5.41) is 9.29. The molecule has 6 nitrogen and oxygen atoms in total. The van der Waals surface area contributed by atoms with Crippen LogP contribution in [0.1, 0.15) is 25.3 Å². The molecule has 2 rings (SSSR count). The molecule has 1 aliphatic rings. The van der Waals surface area contributed by atoms with Crippen molar-refractivity contribution >= 4 is 15.6 Å². The van der Waals surface area contributed by atoms with Gasteiger partial charge in [-0.3, -0.25) is 4.79 Å². The number of hydrogen-bond acceptors (Lipinski definition) is 6. The van der Waals surface area contributed by atoms with E-state index >= 15 is 0 Å². The van der Waals surface area contributed by atoms with Crippen molar-refractivity contribution in [1.29, 1.82) is 5.26 Å². The van der Waals surface area contributed by atoms with E-state index < -0.39 is 26.3 Å². The van der Waals surface area contributed by atoms with Crippen LogP contribution >= 0.6 is 0 Å². The van der Waals surface area contributed by atoms with Gasteiger partial charge >= 0.3 is 0 Å². The molecule has 1 heterocycles. The van der Waals surface area contributed by atoms with Crippen LogP contribution in [0.15, 0.2) is 18.2 Å². The number of rotatable bonds is 4. The molecule has 0 spiro atoms. The van der Waals surface area contributed by atoms with Gasteiger partial charge in [0.2, 0.25) is 6.79 Å². The molecule has 0 amide bonds. The first kappa shape index (κ1) is 15.3. The molecule has 1 atom stereocenters. The lowest BCUT2D eigenvalue weighted by molar-refractivity contribution is -0.121. The van der Waals surface area contributed by atoms with Crippen LogP contribution in [0, 0.1) is 11.3 Å². The zero-order chi connectivity index (χ0) is 15.8. The number of ether oxygens (including phenoxy) is 2. The number of sulfone groups is 1. The Hall–Kier alpha value is -2.07. The van der Waals surface area contributed by atoms with Crippen LogP contribution in [0.5, 0.6) is 11.5 Å². The van der Waals surface area contributed by atoms with Crippen molar-refractivity contribution in [2.75, 3.05) is 13.0 Å². The van der Waals surface area contributed by atoms with Gasteiger partial charge < -0.3 is 9.47 Å². The van der Waals surface area contributed by atoms with Gasteiger partial charge in [0.25, 0.3) is 0 Å². The predicted molar refractivity (Wildman–Crippen MR) is 74.8 cm³/mol. The third-order valence-electron chi connectivity index (χ3n) is 3.64. The Bertz CT molecular complexity index is 730. The highest BCUT2D eigenvalue weighted by molar-refractivity contribution is 7.92.